The lowest BCUT2D eigenvalue weighted by molar-refractivity contribution is -0.149. The van der Waals surface area contributed by atoms with Gasteiger partial charge in [-0.3, -0.25) is 4.79 Å². The van der Waals surface area contributed by atoms with Crippen molar-refractivity contribution in [1.82, 2.24) is 0 Å². The highest BCUT2D eigenvalue weighted by molar-refractivity contribution is 8.00. The second kappa shape index (κ2) is 7.56. The van der Waals surface area contributed by atoms with E-state index in [9.17, 15) is 4.79 Å². The Morgan fingerprint density at radius 2 is 2.19 bits per heavy atom. The molecule has 1 rings (SSSR count). The van der Waals surface area contributed by atoms with Crippen molar-refractivity contribution >= 4 is 17.7 Å². The molecule has 0 amide bonds. The Hall–Kier alpha value is -0.690. The van der Waals surface area contributed by atoms with Crippen LogP contribution in [0.3, 0.4) is 0 Å². The number of nitrogens with zero attached hydrogens (tertiary/aromatic N) is 1. The van der Waals surface area contributed by atoms with Crippen LogP contribution in [0.5, 0.6) is 0 Å². The summed E-state index contributed by atoms with van der Waals surface area (Å²) in [7, 11) is 0. The number of thioether (sulfide) groups is 1. The lowest BCUT2D eigenvalue weighted by Crippen LogP contribution is -2.26. The number of hydrogen-bond donors (Lipinski definition) is 0. The zero-order chi connectivity index (χ0) is 11.8. The molecule has 0 aromatic rings. The molecule has 0 saturated heterocycles. The van der Waals surface area contributed by atoms with E-state index in [1.54, 1.807) is 0 Å². The van der Waals surface area contributed by atoms with Crippen LogP contribution in [-0.4, -0.2) is 23.1 Å². The molecule has 3 nitrogen and oxygen atoms in total. The van der Waals surface area contributed by atoms with Crippen LogP contribution in [0.2, 0.25) is 0 Å². The van der Waals surface area contributed by atoms with Gasteiger partial charge in [-0.2, -0.15) is 5.26 Å². The molecule has 0 aromatic carbocycles. The van der Waals surface area contributed by atoms with Crippen molar-refractivity contribution in [1.29, 1.82) is 5.26 Å². The van der Waals surface area contributed by atoms with E-state index in [1.807, 2.05) is 6.92 Å². The molecule has 1 unspecified atom stereocenters. The predicted molar refractivity (Wildman–Crippen MR) is 65.1 cm³/mol. The molecule has 0 heterocycles. The van der Waals surface area contributed by atoms with Crippen LogP contribution in [-0.2, 0) is 9.53 Å². The van der Waals surface area contributed by atoms with E-state index in [0.717, 1.165) is 12.8 Å². The van der Waals surface area contributed by atoms with Crippen molar-refractivity contribution in [3.63, 3.8) is 0 Å². The monoisotopic (exact) mass is 241 g/mol. The molecular formula is C12H19NO2S. The van der Waals surface area contributed by atoms with E-state index in [4.69, 9.17) is 10.00 Å². The largest absolute Gasteiger partial charge is 0.462 e. The molecule has 0 radical (unpaired) electrons. The first-order valence-corrected chi connectivity index (χ1v) is 6.98. The zero-order valence-electron chi connectivity index (χ0n) is 9.78. The second-order valence-electron chi connectivity index (χ2n) is 4.12. The molecule has 1 atom stereocenters. The Kier molecular flexibility index (Phi) is 6.32. The van der Waals surface area contributed by atoms with Crippen LogP contribution < -0.4 is 0 Å². The van der Waals surface area contributed by atoms with Gasteiger partial charge in [0.1, 0.15) is 6.10 Å². The third-order valence-corrected chi connectivity index (χ3v) is 3.88. The highest BCUT2D eigenvalue weighted by atomic mass is 32.2. The van der Waals surface area contributed by atoms with Crippen LogP contribution in [0.15, 0.2) is 0 Å². The van der Waals surface area contributed by atoms with E-state index >= 15 is 0 Å². The first-order chi connectivity index (χ1) is 7.74. The van der Waals surface area contributed by atoms with Crippen LogP contribution in [0.25, 0.3) is 0 Å². The van der Waals surface area contributed by atoms with Gasteiger partial charge < -0.3 is 4.74 Å². The van der Waals surface area contributed by atoms with Crippen molar-refractivity contribution < 1.29 is 9.53 Å². The van der Waals surface area contributed by atoms with Crippen LogP contribution in [0.1, 0.15) is 45.4 Å². The summed E-state index contributed by atoms with van der Waals surface area (Å²) in [6, 6.07) is 2.07. The fourth-order valence-electron chi connectivity index (χ4n) is 1.79. The van der Waals surface area contributed by atoms with Crippen LogP contribution >= 0.6 is 11.8 Å². The summed E-state index contributed by atoms with van der Waals surface area (Å²) in [5.74, 6) is 0.590. The molecule has 0 aliphatic heterocycles. The Labute approximate surface area is 102 Å². The Morgan fingerprint density at radius 3 is 2.81 bits per heavy atom. The summed E-state index contributed by atoms with van der Waals surface area (Å²) in [6.07, 6.45) is 6.27. The molecule has 0 bridgehead atoms. The average Bonchev–Trinajstić information content (AvgIpc) is 2.30. The number of carbonyl (C=O) groups excluding carboxylic acids is 1. The van der Waals surface area contributed by atoms with Gasteiger partial charge in [-0.05, 0) is 32.6 Å². The van der Waals surface area contributed by atoms with Crippen LogP contribution in [0, 0.1) is 11.3 Å². The van der Waals surface area contributed by atoms with Crippen molar-refractivity contribution in [2.75, 3.05) is 5.75 Å². The minimum atomic E-state index is -0.143. The standard InChI is InChI=1S/C12H19NO2S/c1-10(16-9-5-8-13)12(14)15-11-6-3-2-4-7-11/h10-11H,2-7,9H2,1H3. The highest BCUT2D eigenvalue weighted by Crippen LogP contribution is 2.22. The number of carbonyl (C=O) groups is 1. The molecule has 0 N–H and O–H groups in total. The van der Waals surface area contributed by atoms with Gasteiger partial charge in [0.25, 0.3) is 0 Å². The van der Waals surface area contributed by atoms with E-state index in [2.05, 4.69) is 6.07 Å². The first-order valence-electron chi connectivity index (χ1n) is 5.93. The van der Waals surface area contributed by atoms with Crippen molar-refractivity contribution in [3.8, 4) is 6.07 Å². The minimum absolute atomic E-state index is 0.116. The van der Waals surface area contributed by atoms with E-state index in [1.165, 1.54) is 31.0 Å². The Balaban J connectivity index is 2.19. The normalized spacial score (nSPS) is 18.8. The SMILES string of the molecule is CC(SCCC#N)C(=O)OC1CCCCC1. The number of hydrogen-bond acceptors (Lipinski definition) is 4. The minimum Gasteiger partial charge on any atom is -0.462 e. The quantitative estimate of drug-likeness (QED) is 0.548. The summed E-state index contributed by atoms with van der Waals surface area (Å²) >= 11 is 1.50. The first kappa shape index (κ1) is 13.4. The third kappa shape index (κ3) is 4.89. The molecule has 16 heavy (non-hydrogen) atoms. The Bertz CT molecular complexity index is 256. The number of esters is 1. The summed E-state index contributed by atoms with van der Waals surface area (Å²) in [5, 5.41) is 8.26. The van der Waals surface area contributed by atoms with Crippen LogP contribution in [0.4, 0.5) is 0 Å². The van der Waals surface area contributed by atoms with Gasteiger partial charge in [-0.15, -0.1) is 11.8 Å². The molecule has 0 aromatic heterocycles. The van der Waals surface area contributed by atoms with E-state index in [0.29, 0.717) is 12.2 Å². The van der Waals surface area contributed by atoms with Gasteiger partial charge in [0.2, 0.25) is 0 Å². The summed E-state index contributed by atoms with van der Waals surface area (Å²) in [4.78, 5) is 11.7. The molecular weight excluding hydrogens is 222 g/mol. The summed E-state index contributed by atoms with van der Waals surface area (Å²) in [5.41, 5.74) is 0. The van der Waals surface area contributed by atoms with E-state index < -0.39 is 0 Å². The van der Waals surface area contributed by atoms with Gasteiger partial charge in [-0.25, -0.2) is 0 Å². The fraction of sp³-hybridized carbons (Fsp3) is 0.833. The maximum Gasteiger partial charge on any atom is 0.319 e. The van der Waals surface area contributed by atoms with Gasteiger partial charge in [-0.1, -0.05) is 6.42 Å². The maximum absolute atomic E-state index is 11.7. The molecule has 0 spiro atoms. The molecule has 4 heteroatoms. The topological polar surface area (TPSA) is 50.1 Å². The molecule has 1 aliphatic rings. The third-order valence-electron chi connectivity index (χ3n) is 2.75. The number of nitriles is 1. The molecule has 90 valence electrons. The number of rotatable bonds is 5. The zero-order valence-corrected chi connectivity index (χ0v) is 10.6. The summed E-state index contributed by atoms with van der Waals surface area (Å²) in [6.45, 7) is 1.85. The predicted octanol–water partition coefficient (Wildman–Crippen LogP) is 2.90. The van der Waals surface area contributed by atoms with Gasteiger partial charge >= 0.3 is 5.97 Å². The highest BCUT2D eigenvalue weighted by Gasteiger charge is 2.21. The number of ether oxygens (including phenoxy) is 1. The van der Waals surface area contributed by atoms with Crippen molar-refractivity contribution in [2.45, 2.75) is 56.8 Å². The second-order valence-corrected chi connectivity index (χ2v) is 5.57. The van der Waals surface area contributed by atoms with Gasteiger partial charge in [0.05, 0.1) is 11.3 Å². The average molecular weight is 241 g/mol. The smallest absolute Gasteiger partial charge is 0.319 e. The van der Waals surface area contributed by atoms with Gasteiger partial charge in [0.15, 0.2) is 0 Å². The fourth-order valence-corrected chi connectivity index (χ4v) is 2.55. The van der Waals surface area contributed by atoms with Crippen molar-refractivity contribution in [2.24, 2.45) is 0 Å². The van der Waals surface area contributed by atoms with E-state index in [-0.39, 0.29) is 17.3 Å². The lowest BCUT2D eigenvalue weighted by Gasteiger charge is -2.23. The molecule has 1 saturated carbocycles. The summed E-state index contributed by atoms with van der Waals surface area (Å²) < 4.78 is 5.44. The molecule has 1 aliphatic carbocycles. The lowest BCUT2D eigenvalue weighted by atomic mass is 9.98. The molecule has 1 fully saturated rings. The van der Waals surface area contributed by atoms with Crippen molar-refractivity contribution in [3.05, 3.63) is 0 Å². The maximum atomic E-state index is 11.7. The Morgan fingerprint density at radius 1 is 1.50 bits per heavy atom. The van der Waals surface area contributed by atoms with Gasteiger partial charge in [0, 0.05) is 12.2 Å².